The van der Waals surface area contributed by atoms with Crippen molar-refractivity contribution < 1.29 is 62.1 Å². The van der Waals surface area contributed by atoms with Crippen molar-refractivity contribution in [2.24, 2.45) is 23.5 Å². The summed E-state index contributed by atoms with van der Waals surface area (Å²) in [6, 6.07) is 2.10. The van der Waals surface area contributed by atoms with Crippen LogP contribution in [0.1, 0.15) is 204 Å². The number of likely N-dealkylation sites (tertiary alicyclic amines) is 3. The number of carbonyl (C=O) groups excluding carboxylic acids is 2. The number of nitrogens with zero attached hydrogens (tertiary/aromatic N) is 3. The third kappa shape index (κ3) is 18.0. The van der Waals surface area contributed by atoms with Crippen LogP contribution in [0.5, 0.6) is 0 Å². The van der Waals surface area contributed by atoms with Gasteiger partial charge in [0, 0.05) is 58.4 Å². The highest BCUT2D eigenvalue weighted by atomic mass is 16.6. The van der Waals surface area contributed by atoms with Crippen molar-refractivity contribution in [3.8, 4) is 0 Å². The van der Waals surface area contributed by atoms with Crippen molar-refractivity contribution in [3.63, 3.8) is 0 Å². The average Bonchev–Trinajstić information content (AvgIpc) is 1.55. The second-order valence-electron chi connectivity index (χ2n) is 31.5. The lowest BCUT2D eigenvalue weighted by Crippen LogP contribution is -2.50. The molecule has 0 radical (unpaired) electrons. The minimum atomic E-state index is -0.920. The molecule has 9 aliphatic heterocycles. The van der Waals surface area contributed by atoms with Crippen molar-refractivity contribution in [1.29, 1.82) is 0 Å². The van der Waals surface area contributed by atoms with E-state index in [-0.39, 0.29) is 99.6 Å². The zero-order valence-corrected chi connectivity index (χ0v) is 60.7. The van der Waals surface area contributed by atoms with Gasteiger partial charge in [0.05, 0.1) is 74.2 Å². The Morgan fingerprint density at radius 3 is 1.05 bits per heavy atom. The number of hydrogen-bond donors (Lipinski definition) is 2. The fourth-order valence-corrected chi connectivity index (χ4v) is 18.0. The molecule has 17 nitrogen and oxygen atoms in total. The van der Waals surface area contributed by atoms with Crippen LogP contribution in [0.3, 0.4) is 0 Å². The van der Waals surface area contributed by atoms with Crippen molar-refractivity contribution in [3.05, 3.63) is 69.9 Å². The summed E-state index contributed by atoms with van der Waals surface area (Å²) in [6.07, 6.45) is 34.2. The summed E-state index contributed by atoms with van der Waals surface area (Å²) in [5.74, 6) is -0.119. The fraction of sp³-hybridized carbons (Fsp3) is 0.805. The van der Waals surface area contributed by atoms with Gasteiger partial charge in [-0.15, -0.1) is 0 Å². The van der Waals surface area contributed by atoms with E-state index in [0.717, 1.165) is 120 Å². The van der Waals surface area contributed by atoms with E-state index in [2.05, 4.69) is 116 Å². The molecule has 12 rings (SSSR count). The topological polar surface area (TPSA) is 210 Å². The summed E-state index contributed by atoms with van der Waals surface area (Å²) in [5, 5.41) is 9.12. The number of carboxylic acid groups (broad SMARTS) is 1. The largest absolute Gasteiger partial charge is 0.478 e. The molecule has 0 aromatic carbocycles. The van der Waals surface area contributed by atoms with Crippen molar-refractivity contribution >= 4 is 17.5 Å². The van der Waals surface area contributed by atoms with Crippen LogP contribution < -0.4 is 5.73 Å². The van der Waals surface area contributed by atoms with E-state index in [0.29, 0.717) is 38.0 Å². The van der Waals surface area contributed by atoms with Crippen LogP contribution in [-0.2, 0) is 57.0 Å². The van der Waals surface area contributed by atoms with Gasteiger partial charge in [0.2, 0.25) is 0 Å². The minimum absolute atomic E-state index is 0.0370. The second-order valence-corrected chi connectivity index (χ2v) is 31.5. The SMILES string of the molecule is CN1CCCC1CCN.CO[C@@H]1C(=CC(=O)CCCC2CCCN2C)CC[C@]2(CO2)[C@H]1[C@@]1(C)O[C@@H]1CC=C(C)C.CO[C@@H]1C(=CC(=O)CCCC2CCCN2C)CC[C@]2(CO2)[C@H]1[C@@]1(C)O[C@@H]1CC=C(C)C.CO[C@@H]1C(=CC(=O)O)CC[C@]2(CO2)[C@H]1[C@@]1(C)O[C@@H]1CC=C(C)C. The van der Waals surface area contributed by atoms with Crippen LogP contribution in [0.25, 0.3) is 0 Å². The first-order valence-corrected chi connectivity index (χ1v) is 36.4. The summed E-state index contributed by atoms with van der Waals surface area (Å²) < 4.78 is 54.3. The molecule has 17 heteroatoms. The number of ketones is 2. The van der Waals surface area contributed by atoms with Crippen LogP contribution in [0, 0.1) is 17.8 Å². The monoisotopic (exact) mass is 1310 g/mol. The lowest BCUT2D eigenvalue weighted by molar-refractivity contribution is -0.131. The van der Waals surface area contributed by atoms with Crippen molar-refractivity contribution in [2.75, 3.05) is 88.5 Å². The first-order valence-electron chi connectivity index (χ1n) is 36.4. The Morgan fingerprint density at radius 1 is 0.511 bits per heavy atom. The summed E-state index contributed by atoms with van der Waals surface area (Å²) in [7, 11) is 11.8. The Bertz CT molecular complexity index is 2660. The lowest BCUT2D eigenvalue weighted by atomic mass is 9.67. The molecule has 3 saturated carbocycles. The molecule has 3 unspecified atom stereocenters. The summed E-state index contributed by atoms with van der Waals surface area (Å²) in [6.45, 7) is 26.0. The standard InChI is InChI=1S/2C26H41NO4.C18H26O5.C7H16N2/c2*1-18(2)11-12-22-25(3,31-22)24-23(29-5)19(13-14-26(24)17-30-26)16-21(28)10-6-8-20-9-7-15-27(20)4;1-11(2)5-6-13-17(3,23-13)16-15(21-4)12(9-14(19)20)7-8-18(16)10-22-18;1-9-6-2-3-7(9)4-5-8/h2*11,16,20,22-24H,6-10,12-15,17H2,1-5H3;5,9,13,15-16H,6-8,10H2,1-4H3,(H,19,20);7H,2-6,8H2,1H3/t2*20?,22-,23-,24-,25+,26+;13-,15-,16-,17+,18+;/m111./s1. The zero-order chi connectivity index (χ0) is 68.0. The Morgan fingerprint density at radius 2 is 0.809 bits per heavy atom. The van der Waals surface area contributed by atoms with Crippen molar-refractivity contribution in [2.45, 2.75) is 292 Å². The molecule has 3 spiro atoms. The predicted octanol–water partition coefficient (Wildman–Crippen LogP) is 12.0. The van der Waals surface area contributed by atoms with Crippen LogP contribution in [0.15, 0.2) is 69.9 Å². The Kier molecular flexibility index (Phi) is 25.5. The summed E-state index contributed by atoms with van der Waals surface area (Å²) >= 11 is 0. The molecule has 0 aromatic rings. The van der Waals surface area contributed by atoms with Gasteiger partial charge < -0.3 is 68.2 Å². The molecule has 9 heterocycles. The minimum Gasteiger partial charge on any atom is -0.478 e. The number of nitrogens with two attached hydrogens (primary N) is 1. The second kappa shape index (κ2) is 31.9. The molecule has 0 amide bonds. The van der Waals surface area contributed by atoms with Crippen molar-refractivity contribution in [1.82, 2.24) is 14.7 Å². The van der Waals surface area contributed by atoms with Crippen LogP contribution in [0.4, 0.5) is 0 Å². The highest BCUT2D eigenvalue weighted by molar-refractivity contribution is 5.91. The van der Waals surface area contributed by atoms with Gasteiger partial charge in [-0.2, -0.15) is 0 Å². The molecule has 530 valence electrons. The fourth-order valence-electron chi connectivity index (χ4n) is 18.0. The highest BCUT2D eigenvalue weighted by Crippen LogP contribution is 2.63. The first-order chi connectivity index (χ1) is 44.7. The van der Waals surface area contributed by atoms with Gasteiger partial charge in [0.1, 0.15) is 33.6 Å². The number of carbonyl (C=O) groups is 3. The molecule has 18 atom stereocenters. The molecule has 94 heavy (non-hydrogen) atoms. The smallest absolute Gasteiger partial charge is 0.328 e. The number of ether oxygens (including phenoxy) is 9. The molecule has 0 aromatic heterocycles. The van der Waals surface area contributed by atoms with Gasteiger partial charge in [0.25, 0.3) is 0 Å². The Labute approximate surface area is 565 Å². The molecule has 9 saturated heterocycles. The van der Waals surface area contributed by atoms with E-state index >= 15 is 0 Å². The van der Waals surface area contributed by atoms with Gasteiger partial charge in [-0.25, -0.2) is 4.79 Å². The van der Waals surface area contributed by atoms with Crippen LogP contribution in [0.2, 0.25) is 0 Å². The number of epoxide rings is 6. The molecular weight excluding hydrogens is 1190 g/mol. The number of allylic oxidation sites excluding steroid dienone is 5. The molecule has 0 bridgehead atoms. The average molecular weight is 1310 g/mol. The third-order valence-corrected chi connectivity index (χ3v) is 24.0. The molecule has 12 aliphatic rings. The normalized spacial score (nSPS) is 40.5. The van der Waals surface area contributed by atoms with Gasteiger partial charge in [0.15, 0.2) is 11.6 Å². The highest BCUT2D eigenvalue weighted by Gasteiger charge is 2.74. The quantitative estimate of drug-likeness (QED) is 0.0494. The predicted molar refractivity (Wildman–Crippen MR) is 369 cm³/mol. The van der Waals surface area contributed by atoms with Gasteiger partial charge in [-0.1, -0.05) is 34.9 Å². The molecular formula is C77H124N4O13. The van der Waals surface area contributed by atoms with E-state index in [1.165, 1.54) is 87.4 Å². The number of rotatable bonds is 25. The van der Waals surface area contributed by atoms with E-state index in [4.69, 9.17) is 53.5 Å². The summed E-state index contributed by atoms with van der Waals surface area (Å²) in [4.78, 5) is 44.0. The number of hydrogen-bond acceptors (Lipinski definition) is 16. The van der Waals surface area contributed by atoms with Gasteiger partial charge >= 0.3 is 5.97 Å². The van der Waals surface area contributed by atoms with Crippen LogP contribution >= 0.6 is 0 Å². The first kappa shape index (κ1) is 74.9. The maximum atomic E-state index is 12.8. The van der Waals surface area contributed by atoms with Crippen LogP contribution in [-0.4, -0.2) is 214 Å². The Hall–Kier alpha value is -3.27. The molecule has 3 N–H and O–H groups in total. The van der Waals surface area contributed by atoms with E-state index < -0.39 is 5.97 Å². The lowest BCUT2D eigenvalue weighted by Gasteiger charge is -2.40. The molecule has 3 aliphatic carbocycles. The number of methoxy groups -OCH3 is 3. The zero-order valence-electron chi connectivity index (χ0n) is 60.7. The van der Waals surface area contributed by atoms with E-state index in [9.17, 15) is 14.4 Å². The summed E-state index contributed by atoms with van der Waals surface area (Å²) in [5.41, 5.74) is 11.2. The third-order valence-electron chi connectivity index (χ3n) is 24.0. The maximum Gasteiger partial charge on any atom is 0.328 e. The van der Waals surface area contributed by atoms with E-state index in [1.807, 2.05) is 12.2 Å². The number of carboxylic acids is 1. The Balaban J connectivity index is 0.000000157. The van der Waals surface area contributed by atoms with Gasteiger partial charge in [-0.05, 0) is 267 Å². The maximum absolute atomic E-state index is 12.8. The number of aliphatic carboxylic acids is 1. The van der Waals surface area contributed by atoms with Gasteiger partial charge in [-0.3, -0.25) is 9.59 Å². The molecule has 12 fully saturated rings. The van der Waals surface area contributed by atoms with E-state index in [1.54, 1.807) is 21.3 Å².